The Hall–Kier alpha value is -0.650. The molecule has 2 atom stereocenters. The van der Waals surface area contributed by atoms with Crippen LogP contribution in [0.25, 0.3) is 0 Å². The van der Waals surface area contributed by atoms with Crippen molar-refractivity contribution in [2.75, 3.05) is 13.7 Å². The molecule has 0 aliphatic carbocycles. The van der Waals surface area contributed by atoms with E-state index in [-0.39, 0.29) is 5.97 Å². The Labute approximate surface area is 132 Å². The van der Waals surface area contributed by atoms with Gasteiger partial charge in [0.1, 0.15) is 0 Å². The van der Waals surface area contributed by atoms with E-state index >= 15 is 0 Å². The lowest BCUT2D eigenvalue weighted by molar-refractivity contribution is -0.147. The number of nitrogens with zero attached hydrogens (tertiary/aromatic N) is 2. The Morgan fingerprint density at radius 2 is 1.76 bits per heavy atom. The molecule has 0 amide bonds. The van der Waals surface area contributed by atoms with Gasteiger partial charge in [-0.2, -0.15) is 5.26 Å². The van der Waals surface area contributed by atoms with Crippen molar-refractivity contribution in [3.63, 3.8) is 0 Å². The SMILES string of the molecule is COC(=O)C(P)(CCN(C(C)C)C(C)C)C(C)(C)CC#N. The maximum Gasteiger partial charge on any atom is 0.316 e. The summed E-state index contributed by atoms with van der Waals surface area (Å²) < 4.78 is 5.01. The fraction of sp³-hybridized carbons (Fsp3) is 0.875. The molecule has 0 fully saturated rings. The number of carbonyl (C=O) groups is 1. The molecule has 0 bridgehead atoms. The quantitative estimate of drug-likeness (QED) is 0.510. The predicted octanol–water partition coefficient (Wildman–Crippen LogP) is 3.22. The molecule has 4 nitrogen and oxygen atoms in total. The van der Waals surface area contributed by atoms with E-state index in [1.165, 1.54) is 7.11 Å². The minimum atomic E-state index is -0.750. The van der Waals surface area contributed by atoms with Crippen molar-refractivity contribution in [3.8, 4) is 6.07 Å². The number of esters is 1. The number of nitriles is 1. The highest BCUT2D eigenvalue weighted by atomic mass is 31.0. The second-order valence-corrected chi connectivity index (χ2v) is 7.84. The molecular weight excluding hydrogens is 283 g/mol. The largest absolute Gasteiger partial charge is 0.468 e. The van der Waals surface area contributed by atoms with E-state index in [9.17, 15) is 4.79 Å². The molecule has 0 saturated carbocycles. The molecule has 5 heteroatoms. The van der Waals surface area contributed by atoms with Crippen LogP contribution in [0, 0.1) is 16.7 Å². The van der Waals surface area contributed by atoms with Gasteiger partial charge in [0.25, 0.3) is 0 Å². The zero-order valence-corrected chi connectivity index (χ0v) is 15.7. The van der Waals surface area contributed by atoms with Gasteiger partial charge in [-0.15, -0.1) is 9.24 Å². The Morgan fingerprint density at radius 1 is 1.29 bits per heavy atom. The minimum absolute atomic E-state index is 0.264. The summed E-state index contributed by atoms with van der Waals surface area (Å²) >= 11 is 0. The third kappa shape index (κ3) is 4.94. The lowest BCUT2D eigenvalue weighted by atomic mass is 9.73. The van der Waals surface area contributed by atoms with Crippen LogP contribution in [0.5, 0.6) is 0 Å². The Morgan fingerprint density at radius 3 is 2.10 bits per heavy atom. The maximum atomic E-state index is 12.3. The van der Waals surface area contributed by atoms with E-state index in [1.54, 1.807) is 0 Å². The average Bonchev–Trinajstić information content (AvgIpc) is 2.36. The summed E-state index contributed by atoms with van der Waals surface area (Å²) in [5, 5.41) is 8.30. The molecule has 0 N–H and O–H groups in total. The van der Waals surface area contributed by atoms with Crippen molar-refractivity contribution in [1.82, 2.24) is 4.90 Å². The average molecular weight is 314 g/mol. The van der Waals surface area contributed by atoms with Crippen LogP contribution in [0.15, 0.2) is 0 Å². The third-order valence-electron chi connectivity index (χ3n) is 4.37. The van der Waals surface area contributed by atoms with Crippen LogP contribution in [-0.2, 0) is 9.53 Å². The number of carbonyl (C=O) groups excluding carboxylic acids is 1. The molecule has 2 unspecified atom stereocenters. The monoisotopic (exact) mass is 314 g/mol. The number of rotatable bonds is 8. The van der Waals surface area contributed by atoms with Gasteiger partial charge in [-0.1, -0.05) is 13.8 Å². The molecule has 0 heterocycles. The van der Waals surface area contributed by atoms with Crippen LogP contribution in [-0.4, -0.2) is 41.8 Å². The Kier molecular flexibility index (Phi) is 7.86. The molecule has 122 valence electrons. The van der Waals surface area contributed by atoms with Crippen molar-refractivity contribution in [1.29, 1.82) is 5.26 Å². The van der Waals surface area contributed by atoms with Crippen molar-refractivity contribution >= 4 is 15.2 Å². The second-order valence-electron chi connectivity index (χ2n) is 6.86. The van der Waals surface area contributed by atoms with Crippen LogP contribution >= 0.6 is 9.24 Å². The molecule has 0 rings (SSSR count). The fourth-order valence-electron chi connectivity index (χ4n) is 2.67. The van der Waals surface area contributed by atoms with Gasteiger partial charge < -0.3 is 4.74 Å². The second kappa shape index (κ2) is 8.11. The molecular formula is C16H31N2O2P. The lowest BCUT2D eigenvalue weighted by Gasteiger charge is -2.42. The van der Waals surface area contributed by atoms with Crippen molar-refractivity contribution < 1.29 is 9.53 Å². The van der Waals surface area contributed by atoms with Crippen LogP contribution in [0.2, 0.25) is 0 Å². The summed E-state index contributed by atoms with van der Waals surface area (Å²) in [6, 6.07) is 3.02. The smallest absolute Gasteiger partial charge is 0.316 e. The van der Waals surface area contributed by atoms with Gasteiger partial charge >= 0.3 is 5.97 Å². The molecule has 0 aromatic carbocycles. The minimum Gasteiger partial charge on any atom is -0.468 e. The molecule has 0 aromatic rings. The van der Waals surface area contributed by atoms with Crippen LogP contribution in [0.1, 0.15) is 54.4 Å². The fourth-order valence-corrected chi connectivity index (χ4v) is 3.02. The number of hydrogen-bond donors (Lipinski definition) is 0. The highest BCUT2D eigenvalue weighted by Crippen LogP contribution is 2.45. The van der Waals surface area contributed by atoms with Gasteiger partial charge in [0.15, 0.2) is 0 Å². The van der Waals surface area contributed by atoms with E-state index in [2.05, 4.69) is 47.9 Å². The molecule has 21 heavy (non-hydrogen) atoms. The Bertz CT molecular complexity index is 380. The van der Waals surface area contributed by atoms with Crippen molar-refractivity contribution in [2.24, 2.45) is 5.41 Å². The maximum absolute atomic E-state index is 12.3. The van der Waals surface area contributed by atoms with Crippen LogP contribution < -0.4 is 0 Å². The summed E-state index contributed by atoms with van der Waals surface area (Å²) in [6.07, 6.45) is 0.963. The highest BCUT2D eigenvalue weighted by Gasteiger charge is 2.48. The summed E-state index contributed by atoms with van der Waals surface area (Å²) in [4.78, 5) is 14.7. The van der Waals surface area contributed by atoms with Crippen LogP contribution in [0.4, 0.5) is 0 Å². The van der Waals surface area contributed by atoms with E-state index in [0.29, 0.717) is 24.9 Å². The van der Waals surface area contributed by atoms with E-state index in [4.69, 9.17) is 10.00 Å². The van der Waals surface area contributed by atoms with Crippen LogP contribution in [0.3, 0.4) is 0 Å². The van der Waals surface area contributed by atoms with Gasteiger partial charge in [0.05, 0.1) is 18.3 Å². The Balaban J connectivity index is 5.29. The van der Waals surface area contributed by atoms with Gasteiger partial charge in [0.2, 0.25) is 0 Å². The summed E-state index contributed by atoms with van der Waals surface area (Å²) in [6.45, 7) is 13.3. The molecule has 0 spiro atoms. The van der Waals surface area contributed by atoms with E-state index in [0.717, 1.165) is 6.54 Å². The first-order valence-corrected chi connectivity index (χ1v) is 8.11. The van der Waals surface area contributed by atoms with E-state index in [1.807, 2.05) is 13.8 Å². The topological polar surface area (TPSA) is 53.3 Å². The molecule has 0 saturated heterocycles. The summed E-state index contributed by atoms with van der Waals surface area (Å²) in [5.41, 5.74) is -0.459. The molecule has 0 radical (unpaired) electrons. The van der Waals surface area contributed by atoms with Crippen molar-refractivity contribution in [2.45, 2.75) is 71.6 Å². The lowest BCUT2D eigenvalue weighted by Crippen LogP contribution is -2.50. The zero-order valence-electron chi connectivity index (χ0n) is 14.6. The standard InChI is InChI=1S/C16H31N2O2P/c1-12(2)18(13(3)4)11-9-16(21,14(19)20-7)15(5,6)8-10-17/h12-13H,8-9,11,21H2,1-7H3. The van der Waals surface area contributed by atoms with Gasteiger partial charge in [-0.3, -0.25) is 9.69 Å². The van der Waals surface area contributed by atoms with Crippen molar-refractivity contribution in [3.05, 3.63) is 0 Å². The molecule has 0 aliphatic heterocycles. The zero-order chi connectivity index (χ0) is 16.8. The first kappa shape index (κ1) is 20.3. The first-order chi connectivity index (χ1) is 9.53. The van der Waals surface area contributed by atoms with Gasteiger partial charge in [-0.05, 0) is 39.5 Å². The van der Waals surface area contributed by atoms with Gasteiger partial charge in [0, 0.05) is 25.0 Å². The highest BCUT2D eigenvalue weighted by molar-refractivity contribution is 7.21. The summed E-state index contributed by atoms with van der Waals surface area (Å²) in [7, 11) is 4.08. The first-order valence-electron chi connectivity index (χ1n) is 7.53. The normalized spacial score (nSPS) is 15.1. The number of methoxy groups -OCH3 is 1. The van der Waals surface area contributed by atoms with Gasteiger partial charge in [-0.25, -0.2) is 0 Å². The predicted molar refractivity (Wildman–Crippen MR) is 90.1 cm³/mol. The molecule has 0 aromatic heterocycles. The number of ether oxygens (including phenoxy) is 1. The van der Waals surface area contributed by atoms with E-state index < -0.39 is 10.6 Å². The number of hydrogen-bond acceptors (Lipinski definition) is 4. The third-order valence-corrected chi connectivity index (χ3v) is 5.68. The summed E-state index contributed by atoms with van der Waals surface area (Å²) in [5.74, 6) is -0.264. The molecule has 0 aliphatic rings.